The second-order valence-corrected chi connectivity index (χ2v) is 4.70. The first kappa shape index (κ1) is 14.4. The molecule has 0 aromatic heterocycles. The van der Waals surface area contributed by atoms with Crippen molar-refractivity contribution in [2.45, 2.75) is 6.04 Å². The van der Waals surface area contributed by atoms with E-state index in [0.29, 0.717) is 13.1 Å². The molecule has 0 saturated heterocycles. The van der Waals surface area contributed by atoms with Gasteiger partial charge in [-0.3, -0.25) is 4.90 Å². The van der Waals surface area contributed by atoms with Gasteiger partial charge in [-0.2, -0.15) is 0 Å². The van der Waals surface area contributed by atoms with E-state index < -0.39 is 0 Å². The monoisotopic (exact) mass is 302 g/mol. The van der Waals surface area contributed by atoms with E-state index in [4.69, 9.17) is 15.6 Å². The van der Waals surface area contributed by atoms with Crippen LogP contribution in [-0.4, -0.2) is 43.9 Å². The van der Waals surface area contributed by atoms with Crippen molar-refractivity contribution in [3.8, 4) is 5.75 Å². The molecule has 0 bridgehead atoms. The maximum atomic E-state index is 8.95. The lowest BCUT2D eigenvalue weighted by molar-refractivity contribution is 0.183. The minimum Gasteiger partial charge on any atom is -0.496 e. The third-order valence-electron chi connectivity index (χ3n) is 2.77. The fourth-order valence-electron chi connectivity index (χ4n) is 1.77. The Bertz CT molecular complexity index is 360. The number of methoxy groups -OCH3 is 1. The first-order valence-corrected chi connectivity index (χ1v) is 6.28. The van der Waals surface area contributed by atoms with Gasteiger partial charge in [-0.1, -0.05) is 6.07 Å². The Kier molecular flexibility index (Phi) is 5.91. The third kappa shape index (κ3) is 3.67. The average Bonchev–Trinajstić information content (AvgIpc) is 2.30. The first-order chi connectivity index (χ1) is 8.13. The Balaban J connectivity index is 2.92. The maximum absolute atomic E-state index is 8.95. The van der Waals surface area contributed by atoms with E-state index in [0.717, 1.165) is 15.8 Å². The van der Waals surface area contributed by atoms with Crippen molar-refractivity contribution in [2.24, 2.45) is 5.73 Å². The van der Waals surface area contributed by atoms with Crippen molar-refractivity contribution < 1.29 is 9.84 Å². The van der Waals surface area contributed by atoms with Gasteiger partial charge in [0.2, 0.25) is 0 Å². The predicted octanol–water partition coefficient (Wildman–Crippen LogP) is 1.38. The Labute approximate surface area is 110 Å². The zero-order valence-corrected chi connectivity index (χ0v) is 11.8. The van der Waals surface area contributed by atoms with E-state index >= 15 is 0 Å². The number of likely N-dealkylation sites (N-methyl/N-ethyl adjacent to an activating group) is 1. The van der Waals surface area contributed by atoms with Gasteiger partial charge in [-0.25, -0.2) is 0 Å². The predicted molar refractivity (Wildman–Crippen MR) is 72.2 cm³/mol. The summed E-state index contributed by atoms with van der Waals surface area (Å²) in [6, 6.07) is 6.01. The molecule has 0 saturated carbocycles. The van der Waals surface area contributed by atoms with Gasteiger partial charge >= 0.3 is 0 Å². The summed E-state index contributed by atoms with van der Waals surface area (Å²) in [6.45, 7) is 1.24. The SMILES string of the molecule is COc1ccc(C(CN)N(C)CCO)cc1Br. The van der Waals surface area contributed by atoms with Crippen molar-refractivity contribution in [3.05, 3.63) is 28.2 Å². The molecule has 0 radical (unpaired) electrons. The summed E-state index contributed by atoms with van der Waals surface area (Å²) in [5.74, 6) is 0.800. The van der Waals surface area contributed by atoms with Gasteiger partial charge in [0.15, 0.2) is 0 Å². The molecule has 0 heterocycles. The molecule has 4 nitrogen and oxygen atoms in total. The largest absolute Gasteiger partial charge is 0.496 e. The number of halogens is 1. The molecule has 1 aromatic carbocycles. The van der Waals surface area contributed by atoms with Crippen molar-refractivity contribution >= 4 is 15.9 Å². The Morgan fingerprint density at radius 2 is 2.24 bits per heavy atom. The second-order valence-electron chi connectivity index (χ2n) is 3.85. The van der Waals surface area contributed by atoms with Crippen LogP contribution in [0.25, 0.3) is 0 Å². The lowest BCUT2D eigenvalue weighted by Gasteiger charge is -2.27. The highest BCUT2D eigenvalue weighted by atomic mass is 79.9. The van der Waals surface area contributed by atoms with Crippen LogP contribution >= 0.6 is 15.9 Å². The van der Waals surface area contributed by atoms with Crippen LogP contribution in [0.3, 0.4) is 0 Å². The van der Waals surface area contributed by atoms with Crippen LogP contribution in [-0.2, 0) is 0 Å². The Morgan fingerprint density at radius 3 is 2.71 bits per heavy atom. The highest BCUT2D eigenvalue weighted by molar-refractivity contribution is 9.10. The minimum atomic E-state index is 0.101. The molecule has 96 valence electrons. The quantitative estimate of drug-likeness (QED) is 0.833. The van der Waals surface area contributed by atoms with Gasteiger partial charge in [-0.15, -0.1) is 0 Å². The Morgan fingerprint density at radius 1 is 1.53 bits per heavy atom. The van der Waals surface area contributed by atoms with Crippen LogP contribution in [0, 0.1) is 0 Å². The standard InChI is InChI=1S/C12H19BrN2O2/c1-15(5-6-16)11(8-14)9-3-4-12(17-2)10(13)7-9/h3-4,7,11,16H,5-6,8,14H2,1-2H3. The van der Waals surface area contributed by atoms with E-state index in [1.165, 1.54) is 0 Å². The van der Waals surface area contributed by atoms with E-state index in [1.807, 2.05) is 30.1 Å². The summed E-state index contributed by atoms with van der Waals surface area (Å²) < 4.78 is 6.10. The van der Waals surface area contributed by atoms with Crippen molar-refractivity contribution in [2.75, 3.05) is 33.9 Å². The van der Waals surface area contributed by atoms with Crippen LogP contribution in [0.15, 0.2) is 22.7 Å². The molecular formula is C12H19BrN2O2. The highest BCUT2D eigenvalue weighted by Crippen LogP contribution is 2.29. The zero-order chi connectivity index (χ0) is 12.8. The fraction of sp³-hybridized carbons (Fsp3) is 0.500. The molecule has 1 rings (SSSR count). The molecule has 17 heavy (non-hydrogen) atoms. The molecule has 0 aliphatic rings. The molecular weight excluding hydrogens is 284 g/mol. The zero-order valence-electron chi connectivity index (χ0n) is 10.2. The van der Waals surface area contributed by atoms with Crippen molar-refractivity contribution in [1.29, 1.82) is 0 Å². The lowest BCUT2D eigenvalue weighted by atomic mass is 10.1. The number of ether oxygens (including phenoxy) is 1. The number of nitrogens with two attached hydrogens (primary N) is 1. The van der Waals surface area contributed by atoms with E-state index in [-0.39, 0.29) is 12.6 Å². The second kappa shape index (κ2) is 6.96. The number of benzene rings is 1. The summed E-state index contributed by atoms with van der Waals surface area (Å²) in [5, 5.41) is 8.95. The number of hydrogen-bond donors (Lipinski definition) is 2. The molecule has 0 fully saturated rings. The molecule has 3 N–H and O–H groups in total. The van der Waals surface area contributed by atoms with Gasteiger partial charge in [0.1, 0.15) is 5.75 Å². The minimum absolute atomic E-state index is 0.101. The number of rotatable bonds is 6. The summed E-state index contributed by atoms with van der Waals surface area (Å²) in [6.07, 6.45) is 0. The Hall–Kier alpha value is -0.620. The van der Waals surface area contributed by atoms with E-state index in [9.17, 15) is 0 Å². The maximum Gasteiger partial charge on any atom is 0.133 e. The summed E-state index contributed by atoms with van der Waals surface area (Å²) in [5.41, 5.74) is 6.89. The van der Waals surface area contributed by atoms with Crippen LogP contribution < -0.4 is 10.5 Å². The fourth-order valence-corrected chi connectivity index (χ4v) is 2.33. The first-order valence-electron chi connectivity index (χ1n) is 5.48. The number of aliphatic hydroxyl groups excluding tert-OH is 1. The van der Waals surface area contributed by atoms with Gasteiger partial charge in [-0.05, 0) is 40.7 Å². The summed E-state index contributed by atoms with van der Waals surface area (Å²) >= 11 is 3.46. The van der Waals surface area contributed by atoms with Gasteiger partial charge in [0.05, 0.1) is 18.2 Å². The average molecular weight is 303 g/mol. The lowest BCUT2D eigenvalue weighted by Crippen LogP contribution is -2.32. The van der Waals surface area contributed by atoms with E-state index in [1.54, 1.807) is 7.11 Å². The number of aliphatic hydroxyl groups is 1. The molecule has 1 atom stereocenters. The van der Waals surface area contributed by atoms with Crippen molar-refractivity contribution in [3.63, 3.8) is 0 Å². The molecule has 0 aliphatic heterocycles. The topological polar surface area (TPSA) is 58.7 Å². The van der Waals surface area contributed by atoms with Crippen LogP contribution in [0.1, 0.15) is 11.6 Å². The molecule has 0 spiro atoms. The summed E-state index contributed by atoms with van der Waals surface area (Å²) in [7, 11) is 3.59. The molecule has 1 unspecified atom stereocenters. The van der Waals surface area contributed by atoms with Gasteiger partial charge in [0, 0.05) is 19.1 Å². The molecule has 5 heteroatoms. The third-order valence-corrected chi connectivity index (χ3v) is 3.39. The van der Waals surface area contributed by atoms with E-state index in [2.05, 4.69) is 15.9 Å². The van der Waals surface area contributed by atoms with Crippen LogP contribution in [0.5, 0.6) is 5.75 Å². The van der Waals surface area contributed by atoms with Crippen LogP contribution in [0.4, 0.5) is 0 Å². The number of nitrogens with zero attached hydrogens (tertiary/aromatic N) is 1. The number of hydrogen-bond acceptors (Lipinski definition) is 4. The molecule has 1 aromatic rings. The van der Waals surface area contributed by atoms with Crippen molar-refractivity contribution in [1.82, 2.24) is 4.90 Å². The summed E-state index contributed by atoms with van der Waals surface area (Å²) in [4.78, 5) is 2.04. The smallest absolute Gasteiger partial charge is 0.133 e. The molecule has 0 aliphatic carbocycles. The molecule has 0 amide bonds. The van der Waals surface area contributed by atoms with Crippen LogP contribution in [0.2, 0.25) is 0 Å². The van der Waals surface area contributed by atoms with Gasteiger partial charge < -0.3 is 15.6 Å². The normalized spacial score (nSPS) is 12.8. The van der Waals surface area contributed by atoms with Gasteiger partial charge in [0.25, 0.3) is 0 Å². The highest BCUT2D eigenvalue weighted by Gasteiger charge is 2.16.